The monoisotopic (exact) mass is 399 g/mol. The molecule has 0 amide bonds. The van der Waals surface area contributed by atoms with E-state index in [2.05, 4.69) is 61.3 Å². The van der Waals surface area contributed by atoms with Gasteiger partial charge in [0, 0.05) is 17.3 Å². The highest BCUT2D eigenvalue weighted by molar-refractivity contribution is 5.83. The number of benzene rings is 2. The fourth-order valence-corrected chi connectivity index (χ4v) is 3.35. The van der Waals surface area contributed by atoms with Gasteiger partial charge in [-0.15, -0.1) is 0 Å². The summed E-state index contributed by atoms with van der Waals surface area (Å²) in [5.74, 6) is 1.85. The van der Waals surface area contributed by atoms with Crippen LogP contribution >= 0.6 is 0 Å². The van der Waals surface area contributed by atoms with E-state index >= 15 is 0 Å². The van der Waals surface area contributed by atoms with Crippen LogP contribution in [-0.4, -0.2) is 24.9 Å². The lowest BCUT2D eigenvalue weighted by Crippen LogP contribution is -1.86. The van der Waals surface area contributed by atoms with E-state index in [1.54, 1.807) is 0 Å². The fourth-order valence-electron chi connectivity index (χ4n) is 3.35. The number of rotatable bonds is 2. The van der Waals surface area contributed by atoms with Crippen molar-refractivity contribution in [3.63, 3.8) is 0 Å². The molecule has 5 aromatic rings. The normalized spacial score (nSPS) is 10.3. The predicted molar refractivity (Wildman–Crippen MR) is 127 cm³/mol. The first-order chi connectivity index (χ1) is 14.7. The highest BCUT2D eigenvalue weighted by atomic mass is 14.9. The molecule has 0 aliphatic carbocycles. The Morgan fingerprint density at radius 2 is 1.10 bits per heavy atom. The van der Waals surface area contributed by atoms with Crippen LogP contribution in [0.1, 0.15) is 39.3 Å². The van der Waals surface area contributed by atoms with E-state index in [1.165, 1.54) is 0 Å². The number of nitrogens with zero attached hydrogens (tertiary/aromatic N) is 3. The van der Waals surface area contributed by atoms with Crippen LogP contribution in [-0.2, 0) is 0 Å². The maximum Gasteiger partial charge on any atom is 0.104 e. The third-order valence-electron chi connectivity index (χ3n) is 4.59. The molecular weight excluding hydrogens is 370 g/mol. The molecule has 5 heteroatoms. The predicted octanol–water partition coefficient (Wildman–Crippen LogP) is 6.84. The van der Waals surface area contributed by atoms with Gasteiger partial charge in [0.15, 0.2) is 0 Å². The summed E-state index contributed by atoms with van der Waals surface area (Å²) in [5, 5.41) is 0. The van der Waals surface area contributed by atoms with Gasteiger partial charge in [-0.05, 0) is 49.7 Å². The number of aromatic nitrogens is 5. The first-order valence-corrected chi connectivity index (χ1v) is 10.6. The lowest BCUT2D eigenvalue weighted by Gasteiger charge is -2.05. The summed E-state index contributed by atoms with van der Waals surface area (Å²) in [6.07, 6.45) is 1.92. The van der Waals surface area contributed by atoms with Gasteiger partial charge in [-0.25, -0.2) is 9.97 Å². The van der Waals surface area contributed by atoms with E-state index in [4.69, 9.17) is 0 Å². The molecule has 2 aromatic carbocycles. The van der Waals surface area contributed by atoms with Gasteiger partial charge in [-0.2, -0.15) is 0 Å². The van der Waals surface area contributed by atoms with E-state index in [1.807, 2.05) is 59.9 Å². The van der Waals surface area contributed by atoms with Crippen LogP contribution in [0.4, 0.5) is 0 Å². The quantitative estimate of drug-likeness (QED) is 0.341. The van der Waals surface area contributed by atoms with Crippen molar-refractivity contribution in [1.29, 1.82) is 0 Å². The number of nitrogens with one attached hydrogen (secondary N) is 2. The van der Waals surface area contributed by atoms with Crippen LogP contribution in [0.5, 0.6) is 0 Å². The number of H-pyrrole nitrogens is 2. The van der Waals surface area contributed by atoms with Gasteiger partial charge in [0.2, 0.25) is 0 Å². The van der Waals surface area contributed by atoms with E-state index in [-0.39, 0.29) is 0 Å². The van der Waals surface area contributed by atoms with Gasteiger partial charge in [0.05, 0.1) is 27.8 Å². The molecular formula is C25H29N5. The summed E-state index contributed by atoms with van der Waals surface area (Å²) in [6.45, 7) is 11.9. The molecule has 5 rings (SSSR count). The average Bonchev–Trinajstić information content (AvgIpc) is 3.35. The molecule has 0 spiro atoms. The van der Waals surface area contributed by atoms with Crippen LogP contribution < -0.4 is 0 Å². The molecule has 30 heavy (non-hydrogen) atoms. The van der Waals surface area contributed by atoms with Crippen LogP contribution in [0.25, 0.3) is 44.5 Å². The third-order valence-corrected chi connectivity index (χ3v) is 4.59. The van der Waals surface area contributed by atoms with E-state index in [0.717, 1.165) is 56.1 Å². The molecule has 0 atom stereocenters. The molecule has 0 fully saturated rings. The number of imidazole rings is 2. The van der Waals surface area contributed by atoms with Crippen LogP contribution in [0.2, 0.25) is 0 Å². The first-order valence-electron chi connectivity index (χ1n) is 10.6. The molecule has 154 valence electrons. The Hall–Kier alpha value is -3.47. The third kappa shape index (κ3) is 4.25. The van der Waals surface area contributed by atoms with Crippen molar-refractivity contribution in [1.82, 2.24) is 24.9 Å². The average molecular weight is 400 g/mol. The minimum atomic E-state index is 0.921. The van der Waals surface area contributed by atoms with E-state index in [9.17, 15) is 0 Å². The smallest absolute Gasteiger partial charge is 0.104 e. The number of hydrogen-bond donors (Lipinski definition) is 2. The van der Waals surface area contributed by atoms with Gasteiger partial charge < -0.3 is 9.97 Å². The minimum absolute atomic E-state index is 0.921. The van der Waals surface area contributed by atoms with Crippen molar-refractivity contribution in [2.45, 2.75) is 41.5 Å². The first kappa shape index (κ1) is 21.2. The lowest BCUT2D eigenvalue weighted by atomic mass is 10.0. The summed E-state index contributed by atoms with van der Waals surface area (Å²) in [6, 6.07) is 16.6. The number of pyridine rings is 1. The highest BCUT2D eigenvalue weighted by Gasteiger charge is 2.06. The summed E-state index contributed by atoms with van der Waals surface area (Å²) in [5.41, 5.74) is 8.27. The number of hydrogen-bond acceptors (Lipinski definition) is 3. The van der Waals surface area contributed by atoms with Crippen molar-refractivity contribution in [2.24, 2.45) is 0 Å². The molecule has 0 bridgehead atoms. The Bertz CT molecular complexity index is 1150. The van der Waals surface area contributed by atoms with Gasteiger partial charge >= 0.3 is 0 Å². The van der Waals surface area contributed by atoms with Crippen molar-refractivity contribution < 1.29 is 0 Å². The molecule has 0 unspecified atom stereocenters. The second-order valence-corrected chi connectivity index (χ2v) is 6.54. The molecule has 2 N–H and O–H groups in total. The van der Waals surface area contributed by atoms with E-state index < -0.39 is 0 Å². The summed E-state index contributed by atoms with van der Waals surface area (Å²) in [4.78, 5) is 20.1. The van der Waals surface area contributed by atoms with Gasteiger partial charge in [0.25, 0.3) is 0 Å². The Morgan fingerprint density at radius 1 is 0.600 bits per heavy atom. The van der Waals surface area contributed by atoms with Crippen molar-refractivity contribution in [3.05, 3.63) is 66.4 Å². The standard InChI is InChI=1S/C21H17N5.2C2H6/c1-12-23-18-7-3-14(9-20(18)25-12)16-5-6-17(22-11-16)15-4-8-19-21(10-15)26-13(2)24-19;2*1-2/h3-11H,1-2H3,(H,23,25)(H,24,26);2*1-2H3. The Balaban J connectivity index is 0.000000606. The van der Waals surface area contributed by atoms with Crippen molar-refractivity contribution in [3.8, 4) is 22.4 Å². The molecule has 5 nitrogen and oxygen atoms in total. The Morgan fingerprint density at radius 3 is 1.63 bits per heavy atom. The molecule has 0 aliphatic heterocycles. The molecule has 3 aromatic heterocycles. The van der Waals surface area contributed by atoms with Gasteiger partial charge in [-0.3, -0.25) is 4.98 Å². The van der Waals surface area contributed by atoms with E-state index in [0.29, 0.717) is 0 Å². The van der Waals surface area contributed by atoms with Crippen LogP contribution in [0.15, 0.2) is 54.7 Å². The summed E-state index contributed by atoms with van der Waals surface area (Å²) >= 11 is 0. The second kappa shape index (κ2) is 9.35. The SMILES string of the molecule is CC.CC.Cc1nc2ccc(-c3ccc(-c4ccc5nc(C)[nH]c5c4)nc3)cc2[nH]1. The lowest BCUT2D eigenvalue weighted by molar-refractivity contribution is 1.17. The fraction of sp³-hybridized carbons (Fsp3) is 0.240. The maximum absolute atomic E-state index is 4.66. The highest BCUT2D eigenvalue weighted by Crippen LogP contribution is 2.26. The Kier molecular flexibility index (Phi) is 6.62. The molecule has 0 saturated carbocycles. The van der Waals surface area contributed by atoms with Crippen LogP contribution in [0, 0.1) is 13.8 Å². The molecule has 0 radical (unpaired) electrons. The second-order valence-electron chi connectivity index (χ2n) is 6.54. The molecule has 0 saturated heterocycles. The summed E-state index contributed by atoms with van der Waals surface area (Å²) in [7, 11) is 0. The Labute approximate surface area is 177 Å². The van der Waals surface area contributed by atoms with Crippen LogP contribution in [0.3, 0.4) is 0 Å². The zero-order chi connectivity index (χ0) is 21.7. The summed E-state index contributed by atoms with van der Waals surface area (Å²) < 4.78 is 0. The maximum atomic E-state index is 4.66. The zero-order valence-corrected chi connectivity index (χ0v) is 18.5. The number of fused-ring (bicyclic) bond motifs is 2. The van der Waals surface area contributed by atoms with Gasteiger partial charge in [-0.1, -0.05) is 45.9 Å². The topological polar surface area (TPSA) is 70.2 Å². The molecule has 0 aliphatic rings. The molecule has 3 heterocycles. The largest absolute Gasteiger partial charge is 0.342 e. The zero-order valence-electron chi connectivity index (χ0n) is 18.5. The van der Waals surface area contributed by atoms with Gasteiger partial charge in [0.1, 0.15) is 11.6 Å². The minimum Gasteiger partial charge on any atom is -0.342 e. The number of aryl methyl sites for hydroxylation is 2. The van der Waals surface area contributed by atoms with Crippen molar-refractivity contribution >= 4 is 22.1 Å². The number of aromatic amines is 2. The van der Waals surface area contributed by atoms with Crippen molar-refractivity contribution in [2.75, 3.05) is 0 Å².